The smallest absolute Gasteiger partial charge is 0.161 e. The van der Waals surface area contributed by atoms with E-state index in [4.69, 9.17) is 9.47 Å². The lowest BCUT2D eigenvalue weighted by atomic mass is 9.77. The van der Waals surface area contributed by atoms with Gasteiger partial charge in [-0.3, -0.25) is 4.79 Å². The van der Waals surface area contributed by atoms with Gasteiger partial charge in [0.25, 0.3) is 0 Å². The van der Waals surface area contributed by atoms with Crippen molar-refractivity contribution in [2.45, 2.75) is 31.6 Å². The van der Waals surface area contributed by atoms with Gasteiger partial charge in [0, 0.05) is 41.4 Å². The minimum atomic E-state index is -0.271. The highest BCUT2D eigenvalue weighted by Crippen LogP contribution is 2.48. The first-order chi connectivity index (χ1) is 14.6. The fraction of sp³-hybridized carbons (Fsp3) is 0.320. The van der Waals surface area contributed by atoms with Gasteiger partial charge in [0.2, 0.25) is 0 Å². The third kappa shape index (κ3) is 2.92. The molecule has 1 atom stereocenters. The summed E-state index contributed by atoms with van der Waals surface area (Å²) in [5.41, 5.74) is 6.35. The number of methoxy groups -OCH3 is 2. The van der Waals surface area contributed by atoms with Crippen LogP contribution in [0.5, 0.6) is 11.5 Å². The molecular formula is C25H24FNO3. The average molecular weight is 405 g/mol. The second-order valence-corrected chi connectivity index (χ2v) is 7.98. The Hall–Kier alpha value is -3.08. The van der Waals surface area contributed by atoms with Crippen molar-refractivity contribution in [3.63, 3.8) is 0 Å². The molecule has 0 aromatic heterocycles. The Morgan fingerprint density at radius 3 is 2.47 bits per heavy atom. The maximum Gasteiger partial charge on any atom is 0.161 e. The minimum Gasteiger partial charge on any atom is -0.493 e. The second-order valence-electron chi connectivity index (χ2n) is 7.98. The summed E-state index contributed by atoms with van der Waals surface area (Å²) in [5.74, 6) is 1.19. The number of allylic oxidation sites excluding steroid dienone is 3. The number of halogens is 1. The molecule has 2 aromatic carbocycles. The lowest BCUT2D eigenvalue weighted by Gasteiger charge is -2.43. The van der Waals surface area contributed by atoms with Crippen LogP contribution < -0.4 is 9.47 Å². The van der Waals surface area contributed by atoms with E-state index in [-0.39, 0.29) is 17.5 Å². The summed E-state index contributed by atoms with van der Waals surface area (Å²) in [6.07, 6.45) is 5.38. The van der Waals surface area contributed by atoms with Crippen molar-refractivity contribution in [3.05, 3.63) is 76.3 Å². The average Bonchev–Trinajstić information content (AvgIpc) is 2.78. The lowest BCUT2D eigenvalue weighted by molar-refractivity contribution is -0.116. The number of carbonyl (C=O) groups is 1. The molecule has 0 saturated heterocycles. The van der Waals surface area contributed by atoms with Crippen LogP contribution in [-0.2, 0) is 11.2 Å². The molecular weight excluding hydrogens is 381 g/mol. The van der Waals surface area contributed by atoms with Gasteiger partial charge in [-0.2, -0.15) is 0 Å². The third-order valence-corrected chi connectivity index (χ3v) is 6.40. The first-order valence-electron chi connectivity index (χ1n) is 10.4. The van der Waals surface area contributed by atoms with Crippen molar-refractivity contribution in [2.24, 2.45) is 0 Å². The Morgan fingerprint density at radius 1 is 1.00 bits per heavy atom. The van der Waals surface area contributed by atoms with Crippen LogP contribution in [-0.4, -0.2) is 31.4 Å². The SMILES string of the molecule is COc1cc2c(cc1OC)C1=C[C@H](c3ccc(F)cc3)C3=C(CCCC3=O)N1CC2. The molecule has 0 radical (unpaired) electrons. The predicted molar refractivity (Wildman–Crippen MR) is 113 cm³/mol. The number of ether oxygens (including phenoxy) is 2. The van der Waals surface area contributed by atoms with Crippen molar-refractivity contribution in [3.8, 4) is 11.5 Å². The number of carbonyl (C=O) groups excluding carboxylic acids is 1. The summed E-state index contributed by atoms with van der Waals surface area (Å²) in [7, 11) is 3.29. The van der Waals surface area contributed by atoms with Crippen molar-refractivity contribution in [1.82, 2.24) is 4.90 Å². The van der Waals surface area contributed by atoms with Gasteiger partial charge < -0.3 is 14.4 Å². The van der Waals surface area contributed by atoms with Crippen LogP contribution in [0.15, 0.2) is 53.7 Å². The first kappa shape index (κ1) is 18.9. The zero-order valence-corrected chi connectivity index (χ0v) is 17.2. The summed E-state index contributed by atoms with van der Waals surface area (Å²) >= 11 is 0. The molecule has 0 saturated carbocycles. The van der Waals surface area contributed by atoms with Crippen LogP contribution >= 0.6 is 0 Å². The Balaban J connectivity index is 1.69. The van der Waals surface area contributed by atoms with Crippen molar-refractivity contribution < 1.29 is 18.7 Å². The number of benzene rings is 2. The fourth-order valence-electron chi connectivity index (χ4n) is 4.98. The Morgan fingerprint density at radius 2 is 1.73 bits per heavy atom. The van der Waals surface area contributed by atoms with Gasteiger partial charge in [-0.05, 0) is 60.7 Å². The van der Waals surface area contributed by atoms with Gasteiger partial charge in [-0.1, -0.05) is 12.1 Å². The first-order valence-corrected chi connectivity index (χ1v) is 10.4. The Bertz CT molecular complexity index is 1080. The lowest BCUT2D eigenvalue weighted by Crippen LogP contribution is -2.36. The van der Waals surface area contributed by atoms with E-state index in [1.54, 1.807) is 26.4 Å². The van der Waals surface area contributed by atoms with E-state index in [0.717, 1.165) is 59.7 Å². The number of Topliss-reactive ketones (excluding diaryl/α,β-unsaturated/α-hetero) is 1. The van der Waals surface area contributed by atoms with Gasteiger partial charge in [0.1, 0.15) is 5.82 Å². The molecule has 0 unspecified atom stereocenters. The number of fused-ring (bicyclic) bond motifs is 4. The Kier molecular flexibility index (Phi) is 4.61. The highest BCUT2D eigenvalue weighted by molar-refractivity contribution is 6.00. The van der Waals surface area contributed by atoms with Crippen molar-refractivity contribution in [1.29, 1.82) is 0 Å². The van der Waals surface area contributed by atoms with E-state index in [2.05, 4.69) is 17.0 Å². The summed E-state index contributed by atoms with van der Waals surface area (Å²) < 4.78 is 24.6. The maximum atomic E-state index is 13.6. The number of hydrogen-bond donors (Lipinski definition) is 0. The fourth-order valence-corrected chi connectivity index (χ4v) is 4.98. The highest BCUT2D eigenvalue weighted by atomic mass is 19.1. The van der Waals surface area contributed by atoms with E-state index in [1.165, 1.54) is 17.7 Å². The standard InChI is InChI=1S/C25H24FNO3/c1-29-23-12-16-10-11-27-20-4-3-5-22(28)25(20)19(15-6-8-17(26)9-7-15)13-21(27)18(16)14-24(23)30-2/h6-9,12-14,19H,3-5,10-11H2,1-2H3/t19-/m1/s1. The number of hydrogen-bond acceptors (Lipinski definition) is 4. The molecule has 0 fully saturated rings. The van der Waals surface area contributed by atoms with E-state index in [9.17, 15) is 9.18 Å². The number of nitrogens with zero attached hydrogens (tertiary/aromatic N) is 1. The van der Waals surface area contributed by atoms with Crippen LogP contribution in [0.2, 0.25) is 0 Å². The van der Waals surface area contributed by atoms with E-state index in [0.29, 0.717) is 12.2 Å². The van der Waals surface area contributed by atoms with Crippen LogP contribution in [0.25, 0.3) is 5.70 Å². The van der Waals surface area contributed by atoms with Crippen molar-refractivity contribution in [2.75, 3.05) is 20.8 Å². The van der Waals surface area contributed by atoms with Gasteiger partial charge in [-0.25, -0.2) is 4.39 Å². The molecule has 0 spiro atoms. The van der Waals surface area contributed by atoms with Crippen LogP contribution in [0.3, 0.4) is 0 Å². The van der Waals surface area contributed by atoms with E-state index < -0.39 is 0 Å². The molecule has 154 valence electrons. The topological polar surface area (TPSA) is 38.8 Å². The molecule has 4 nitrogen and oxygen atoms in total. The van der Waals surface area contributed by atoms with Crippen LogP contribution in [0.1, 0.15) is 41.9 Å². The van der Waals surface area contributed by atoms with Gasteiger partial charge in [-0.15, -0.1) is 0 Å². The maximum absolute atomic E-state index is 13.6. The number of rotatable bonds is 3. The largest absolute Gasteiger partial charge is 0.493 e. The normalized spacial score (nSPS) is 20.2. The molecule has 1 aliphatic carbocycles. The van der Waals surface area contributed by atoms with Crippen molar-refractivity contribution >= 4 is 11.5 Å². The molecule has 0 amide bonds. The monoisotopic (exact) mass is 405 g/mol. The predicted octanol–water partition coefficient (Wildman–Crippen LogP) is 4.85. The molecule has 0 N–H and O–H groups in total. The molecule has 2 aromatic rings. The number of ketones is 1. The zero-order chi connectivity index (χ0) is 20.8. The van der Waals surface area contributed by atoms with E-state index >= 15 is 0 Å². The molecule has 2 aliphatic heterocycles. The summed E-state index contributed by atoms with van der Waals surface area (Å²) in [6, 6.07) is 10.6. The van der Waals surface area contributed by atoms with Crippen LogP contribution in [0, 0.1) is 5.82 Å². The van der Waals surface area contributed by atoms with Gasteiger partial charge in [0.05, 0.1) is 14.2 Å². The Labute approximate surface area is 175 Å². The molecule has 0 bridgehead atoms. The molecule has 5 heteroatoms. The molecule has 5 rings (SSSR count). The minimum absolute atomic E-state index is 0.168. The third-order valence-electron chi connectivity index (χ3n) is 6.40. The zero-order valence-electron chi connectivity index (χ0n) is 17.2. The van der Waals surface area contributed by atoms with Gasteiger partial charge in [0.15, 0.2) is 17.3 Å². The summed E-state index contributed by atoms with van der Waals surface area (Å²) in [6.45, 7) is 0.830. The highest BCUT2D eigenvalue weighted by Gasteiger charge is 2.37. The quantitative estimate of drug-likeness (QED) is 0.732. The molecule has 3 aliphatic rings. The van der Waals surface area contributed by atoms with Crippen LogP contribution in [0.4, 0.5) is 4.39 Å². The summed E-state index contributed by atoms with van der Waals surface area (Å²) in [5, 5.41) is 0. The summed E-state index contributed by atoms with van der Waals surface area (Å²) in [4.78, 5) is 15.3. The van der Waals surface area contributed by atoms with Gasteiger partial charge >= 0.3 is 0 Å². The van der Waals surface area contributed by atoms with E-state index in [1.807, 2.05) is 6.07 Å². The second kappa shape index (κ2) is 7.31. The molecule has 30 heavy (non-hydrogen) atoms. The molecule has 2 heterocycles.